The Morgan fingerprint density at radius 3 is 2.72 bits per heavy atom. The maximum absolute atomic E-state index is 4.65. The number of likely N-dealkylation sites (tertiary alicyclic amines) is 1. The van der Waals surface area contributed by atoms with Gasteiger partial charge in [-0.2, -0.15) is 0 Å². The maximum Gasteiger partial charge on any atom is 0.128 e. The van der Waals surface area contributed by atoms with Crippen molar-refractivity contribution in [3.05, 3.63) is 24.0 Å². The van der Waals surface area contributed by atoms with Crippen LogP contribution in [0.15, 0.2) is 18.5 Å². The van der Waals surface area contributed by atoms with E-state index in [1.54, 1.807) is 0 Å². The molecule has 2 fully saturated rings. The zero-order valence-corrected chi connectivity index (χ0v) is 15.6. The van der Waals surface area contributed by atoms with E-state index in [4.69, 9.17) is 0 Å². The molecule has 4 nitrogen and oxygen atoms in total. The Kier molecular flexibility index (Phi) is 5.25. The lowest BCUT2D eigenvalue weighted by Gasteiger charge is -2.26. The molecule has 25 heavy (non-hydrogen) atoms. The maximum atomic E-state index is 4.65. The molecule has 0 spiro atoms. The molecule has 2 aromatic rings. The summed E-state index contributed by atoms with van der Waals surface area (Å²) in [5.74, 6) is 1.03. The molecule has 1 saturated carbocycles. The standard InChI is InChI=1S/C21H32N4/c1-17-16-25(18-8-3-4-9-18)20-14-21(23-15-19(17)20)22-10-7-13-24-11-5-2-6-12-24/h14-16,18H,2-13H2,1H3,(H,22,23). The highest BCUT2D eigenvalue weighted by Crippen LogP contribution is 2.34. The summed E-state index contributed by atoms with van der Waals surface area (Å²) in [4.78, 5) is 7.26. The lowest BCUT2D eigenvalue weighted by molar-refractivity contribution is 0.228. The van der Waals surface area contributed by atoms with Gasteiger partial charge in [0, 0.05) is 36.4 Å². The third kappa shape index (κ3) is 3.84. The third-order valence-corrected chi connectivity index (χ3v) is 6.04. The summed E-state index contributed by atoms with van der Waals surface area (Å²) in [6.07, 6.45) is 15.2. The zero-order valence-electron chi connectivity index (χ0n) is 15.6. The fraction of sp³-hybridized carbons (Fsp3) is 0.667. The van der Waals surface area contributed by atoms with Gasteiger partial charge in [0.1, 0.15) is 5.82 Å². The van der Waals surface area contributed by atoms with Gasteiger partial charge >= 0.3 is 0 Å². The van der Waals surface area contributed by atoms with E-state index in [0.717, 1.165) is 12.4 Å². The second kappa shape index (κ2) is 7.77. The second-order valence-corrected chi connectivity index (χ2v) is 7.93. The summed E-state index contributed by atoms with van der Waals surface area (Å²) in [5.41, 5.74) is 2.71. The molecule has 2 aliphatic rings. The topological polar surface area (TPSA) is 33.1 Å². The Bertz CT molecular complexity index is 693. The van der Waals surface area contributed by atoms with Crippen LogP contribution in [0.5, 0.6) is 0 Å². The molecule has 0 unspecified atom stereocenters. The minimum Gasteiger partial charge on any atom is -0.370 e. The molecule has 1 N–H and O–H groups in total. The number of nitrogens with one attached hydrogen (secondary N) is 1. The SMILES string of the molecule is Cc1cn(C2CCCC2)c2cc(NCCCN3CCCCC3)ncc12. The van der Waals surface area contributed by atoms with E-state index in [-0.39, 0.29) is 0 Å². The predicted molar refractivity (Wildman–Crippen MR) is 105 cm³/mol. The van der Waals surface area contributed by atoms with Crippen LogP contribution in [0.3, 0.4) is 0 Å². The first-order chi connectivity index (χ1) is 12.3. The lowest BCUT2D eigenvalue weighted by atomic mass is 10.1. The molecule has 1 saturated heterocycles. The van der Waals surface area contributed by atoms with Crippen molar-refractivity contribution in [2.75, 3.05) is 31.5 Å². The summed E-state index contributed by atoms with van der Waals surface area (Å²) in [6.45, 7) is 7.02. The number of aromatic nitrogens is 2. The quantitative estimate of drug-likeness (QED) is 0.771. The van der Waals surface area contributed by atoms with E-state index in [9.17, 15) is 0 Å². The van der Waals surface area contributed by atoms with Crippen molar-refractivity contribution in [3.8, 4) is 0 Å². The Labute approximate surface area is 151 Å². The van der Waals surface area contributed by atoms with Crippen LogP contribution in [-0.4, -0.2) is 40.6 Å². The van der Waals surface area contributed by atoms with Crippen LogP contribution in [0, 0.1) is 6.92 Å². The molecule has 4 heteroatoms. The first-order valence-corrected chi connectivity index (χ1v) is 10.2. The van der Waals surface area contributed by atoms with Crippen molar-refractivity contribution in [2.45, 2.75) is 64.3 Å². The average Bonchev–Trinajstić information content (AvgIpc) is 3.28. The predicted octanol–water partition coefficient (Wildman–Crippen LogP) is 4.75. The van der Waals surface area contributed by atoms with Crippen LogP contribution in [0.2, 0.25) is 0 Å². The van der Waals surface area contributed by atoms with Gasteiger partial charge in [-0.3, -0.25) is 0 Å². The lowest BCUT2D eigenvalue weighted by Crippen LogP contribution is -2.31. The van der Waals surface area contributed by atoms with Gasteiger partial charge in [-0.05, 0) is 64.2 Å². The highest BCUT2D eigenvalue weighted by molar-refractivity contribution is 5.85. The number of aryl methyl sites for hydroxylation is 1. The average molecular weight is 341 g/mol. The summed E-state index contributed by atoms with van der Waals surface area (Å²) < 4.78 is 2.51. The van der Waals surface area contributed by atoms with Gasteiger partial charge in [-0.25, -0.2) is 4.98 Å². The summed E-state index contributed by atoms with van der Waals surface area (Å²) >= 11 is 0. The molecule has 1 aliphatic carbocycles. The van der Waals surface area contributed by atoms with Crippen molar-refractivity contribution < 1.29 is 0 Å². The number of pyridine rings is 1. The van der Waals surface area contributed by atoms with Crippen LogP contribution in [0.1, 0.15) is 63.0 Å². The van der Waals surface area contributed by atoms with Gasteiger partial charge in [0.2, 0.25) is 0 Å². The van der Waals surface area contributed by atoms with Crippen LogP contribution in [0.4, 0.5) is 5.82 Å². The molecule has 0 aromatic carbocycles. The minimum atomic E-state index is 0.686. The Morgan fingerprint density at radius 1 is 1.12 bits per heavy atom. The van der Waals surface area contributed by atoms with Gasteiger partial charge in [-0.15, -0.1) is 0 Å². The molecule has 3 heterocycles. The minimum absolute atomic E-state index is 0.686. The number of rotatable bonds is 6. The molecule has 136 valence electrons. The molecule has 2 aromatic heterocycles. The van der Waals surface area contributed by atoms with E-state index in [1.165, 1.54) is 87.5 Å². The summed E-state index contributed by atoms with van der Waals surface area (Å²) in [5, 5.41) is 4.86. The second-order valence-electron chi connectivity index (χ2n) is 7.93. The molecule has 0 bridgehead atoms. The van der Waals surface area contributed by atoms with Crippen molar-refractivity contribution in [2.24, 2.45) is 0 Å². The summed E-state index contributed by atoms with van der Waals surface area (Å²) in [6, 6.07) is 2.95. The normalized spacial score (nSPS) is 19.7. The van der Waals surface area contributed by atoms with Gasteiger partial charge < -0.3 is 14.8 Å². The first-order valence-electron chi connectivity index (χ1n) is 10.2. The first kappa shape index (κ1) is 16.9. The van der Waals surface area contributed by atoms with Crippen molar-refractivity contribution in [1.82, 2.24) is 14.5 Å². The monoisotopic (exact) mass is 340 g/mol. The molecule has 0 amide bonds. The van der Waals surface area contributed by atoms with Crippen molar-refractivity contribution >= 4 is 16.7 Å². The Balaban J connectivity index is 1.39. The molecule has 0 radical (unpaired) electrons. The number of nitrogens with zero attached hydrogens (tertiary/aromatic N) is 3. The number of hydrogen-bond donors (Lipinski definition) is 1. The van der Waals surface area contributed by atoms with E-state index in [2.05, 4.69) is 45.2 Å². The van der Waals surface area contributed by atoms with Crippen LogP contribution in [-0.2, 0) is 0 Å². The molecule has 4 rings (SSSR count). The van der Waals surface area contributed by atoms with E-state index in [0.29, 0.717) is 6.04 Å². The van der Waals surface area contributed by atoms with Gasteiger partial charge in [0.15, 0.2) is 0 Å². The highest BCUT2D eigenvalue weighted by atomic mass is 15.1. The number of fused-ring (bicyclic) bond motifs is 1. The number of anilines is 1. The fourth-order valence-corrected chi connectivity index (χ4v) is 4.59. The Hall–Kier alpha value is -1.55. The Morgan fingerprint density at radius 2 is 1.92 bits per heavy atom. The van der Waals surface area contributed by atoms with Crippen molar-refractivity contribution in [1.29, 1.82) is 0 Å². The molecule has 0 atom stereocenters. The summed E-state index contributed by atoms with van der Waals surface area (Å²) in [7, 11) is 0. The number of piperidine rings is 1. The molecular weight excluding hydrogens is 308 g/mol. The van der Waals surface area contributed by atoms with Gasteiger partial charge in [0.05, 0.1) is 5.52 Å². The third-order valence-electron chi connectivity index (χ3n) is 6.04. The van der Waals surface area contributed by atoms with Crippen LogP contribution >= 0.6 is 0 Å². The fourth-order valence-electron chi connectivity index (χ4n) is 4.59. The van der Waals surface area contributed by atoms with Gasteiger partial charge in [-0.1, -0.05) is 19.3 Å². The highest BCUT2D eigenvalue weighted by Gasteiger charge is 2.19. The zero-order chi connectivity index (χ0) is 17.1. The number of hydrogen-bond acceptors (Lipinski definition) is 3. The molecule has 1 aliphatic heterocycles. The van der Waals surface area contributed by atoms with Crippen molar-refractivity contribution in [3.63, 3.8) is 0 Å². The van der Waals surface area contributed by atoms with E-state index >= 15 is 0 Å². The smallest absolute Gasteiger partial charge is 0.128 e. The van der Waals surface area contributed by atoms with E-state index in [1.807, 2.05) is 0 Å². The van der Waals surface area contributed by atoms with E-state index < -0.39 is 0 Å². The van der Waals surface area contributed by atoms with Crippen LogP contribution < -0.4 is 5.32 Å². The van der Waals surface area contributed by atoms with Gasteiger partial charge in [0.25, 0.3) is 0 Å². The van der Waals surface area contributed by atoms with Crippen LogP contribution in [0.25, 0.3) is 10.9 Å². The largest absolute Gasteiger partial charge is 0.370 e. The molecular formula is C21H32N4.